The number of hydrogen-bond donors (Lipinski definition) is 1. The second-order valence-corrected chi connectivity index (χ2v) is 9.55. The largest absolute Gasteiger partial charge is 0.506 e. The van der Waals surface area contributed by atoms with Crippen molar-refractivity contribution in [2.45, 2.75) is 6.54 Å². The number of hydrogen-bond acceptors (Lipinski definition) is 7. The summed E-state index contributed by atoms with van der Waals surface area (Å²) in [4.78, 5) is 19.5. The molecule has 35 heavy (non-hydrogen) atoms. The van der Waals surface area contributed by atoms with Gasteiger partial charge in [-0.25, -0.2) is 4.98 Å². The highest BCUT2D eigenvalue weighted by Gasteiger charge is 2.25. The summed E-state index contributed by atoms with van der Waals surface area (Å²) in [7, 11) is 4.61. The van der Waals surface area contributed by atoms with Gasteiger partial charge >= 0.3 is 0 Å². The van der Waals surface area contributed by atoms with Gasteiger partial charge in [-0.2, -0.15) is 0 Å². The summed E-state index contributed by atoms with van der Waals surface area (Å²) in [5.74, 6) is 1.85. The van der Waals surface area contributed by atoms with Crippen LogP contribution in [0.4, 0.5) is 0 Å². The lowest BCUT2D eigenvalue weighted by Gasteiger charge is -2.19. The Labute approximate surface area is 213 Å². The van der Waals surface area contributed by atoms with Gasteiger partial charge in [-0.15, -0.1) is 11.3 Å². The maximum absolute atomic E-state index is 14.0. The first-order chi connectivity index (χ1) is 17.0. The van der Waals surface area contributed by atoms with Crippen molar-refractivity contribution in [3.05, 3.63) is 75.0 Å². The molecule has 2 aromatic heterocycles. The fourth-order valence-corrected chi connectivity index (χ4v) is 5.88. The molecule has 0 aliphatic carbocycles. The van der Waals surface area contributed by atoms with Crippen LogP contribution in [0.5, 0.6) is 23.0 Å². The number of fused-ring (bicyclic) bond motifs is 3. The van der Waals surface area contributed by atoms with Crippen LogP contribution in [0.1, 0.15) is 5.56 Å². The van der Waals surface area contributed by atoms with Crippen LogP contribution in [-0.2, 0) is 6.54 Å². The smallest absolute Gasteiger partial charge is 0.263 e. The summed E-state index contributed by atoms with van der Waals surface area (Å²) in [5.41, 5.74) is 1.35. The van der Waals surface area contributed by atoms with E-state index in [9.17, 15) is 9.90 Å². The number of ether oxygens (including phenoxy) is 3. The SMILES string of the molecule is COc1cc(-c2nc3sc4c(O)cccc4c3c(=O)n2Cc2ccccc2)c(Br)c(OC)c1OC. The fourth-order valence-electron chi connectivity index (χ4n) is 4.17. The minimum Gasteiger partial charge on any atom is -0.506 e. The first-order valence-electron chi connectivity index (χ1n) is 10.7. The highest BCUT2D eigenvalue weighted by Crippen LogP contribution is 2.48. The van der Waals surface area contributed by atoms with Gasteiger partial charge in [-0.1, -0.05) is 42.5 Å². The average molecular weight is 553 g/mol. The predicted molar refractivity (Wildman–Crippen MR) is 141 cm³/mol. The molecule has 1 N–H and O–H groups in total. The third-order valence-corrected chi connectivity index (χ3v) is 7.70. The second kappa shape index (κ2) is 9.24. The van der Waals surface area contributed by atoms with Crippen molar-refractivity contribution in [1.82, 2.24) is 9.55 Å². The number of rotatable bonds is 6. The molecule has 3 aromatic carbocycles. The van der Waals surface area contributed by atoms with Crippen molar-refractivity contribution in [2.24, 2.45) is 0 Å². The summed E-state index contributed by atoms with van der Waals surface area (Å²) in [5, 5.41) is 11.6. The molecule has 178 valence electrons. The maximum atomic E-state index is 14.0. The third-order valence-electron chi connectivity index (χ3n) is 5.79. The number of methoxy groups -OCH3 is 3. The van der Waals surface area contributed by atoms with Crippen LogP contribution >= 0.6 is 27.3 Å². The molecule has 0 aliphatic rings. The van der Waals surface area contributed by atoms with E-state index in [4.69, 9.17) is 19.2 Å². The van der Waals surface area contributed by atoms with E-state index in [1.165, 1.54) is 32.7 Å². The summed E-state index contributed by atoms with van der Waals surface area (Å²) >= 11 is 4.92. The number of benzene rings is 3. The number of thiophene rings is 1. The zero-order valence-corrected chi connectivity index (χ0v) is 21.6. The molecular weight excluding hydrogens is 532 g/mol. The molecule has 0 bridgehead atoms. The van der Waals surface area contributed by atoms with E-state index >= 15 is 0 Å². The van der Waals surface area contributed by atoms with Crippen LogP contribution in [0.2, 0.25) is 0 Å². The number of aromatic nitrogens is 2. The monoisotopic (exact) mass is 552 g/mol. The first-order valence-corrected chi connectivity index (χ1v) is 12.3. The van der Waals surface area contributed by atoms with Crippen LogP contribution in [0.3, 0.4) is 0 Å². The Morgan fingerprint density at radius 3 is 2.43 bits per heavy atom. The highest BCUT2D eigenvalue weighted by atomic mass is 79.9. The number of phenolic OH excluding ortho intramolecular Hbond substituents is 1. The highest BCUT2D eigenvalue weighted by molar-refractivity contribution is 9.10. The quantitative estimate of drug-likeness (QED) is 0.285. The summed E-state index contributed by atoms with van der Waals surface area (Å²) in [6, 6.07) is 16.7. The zero-order valence-electron chi connectivity index (χ0n) is 19.2. The molecule has 0 atom stereocenters. The molecule has 5 aromatic rings. The van der Waals surface area contributed by atoms with Gasteiger partial charge in [0.25, 0.3) is 5.56 Å². The molecule has 0 saturated heterocycles. The molecule has 7 nitrogen and oxygen atoms in total. The van der Waals surface area contributed by atoms with Crippen molar-refractivity contribution in [1.29, 1.82) is 0 Å². The first kappa shape index (κ1) is 23.2. The maximum Gasteiger partial charge on any atom is 0.263 e. The van der Waals surface area contributed by atoms with E-state index in [-0.39, 0.29) is 11.3 Å². The van der Waals surface area contributed by atoms with E-state index < -0.39 is 0 Å². The fraction of sp³-hybridized carbons (Fsp3) is 0.154. The Bertz CT molecular complexity index is 1630. The molecule has 0 amide bonds. The van der Waals surface area contributed by atoms with Gasteiger partial charge < -0.3 is 19.3 Å². The van der Waals surface area contributed by atoms with E-state index in [0.717, 1.165) is 5.56 Å². The molecule has 9 heteroatoms. The lowest BCUT2D eigenvalue weighted by molar-refractivity contribution is 0.323. The number of phenols is 1. The van der Waals surface area contributed by atoms with E-state index in [0.29, 0.717) is 60.0 Å². The van der Waals surface area contributed by atoms with Gasteiger partial charge in [0.1, 0.15) is 16.4 Å². The minimum absolute atomic E-state index is 0.120. The molecule has 0 saturated carbocycles. The minimum atomic E-state index is -0.202. The van der Waals surface area contributed by atoms with Gasteiger partial charge in [-0.3, -0.25) is 9.36 Å². The van der Waals surface area contributed by atoms with E-state index in [1.807, 2.05) is 36.4 Å². The van der Waals surface area contributed by atoms with Crippen molar-refractivity contribution in [2.75, 3.05) is 21.3 Å². The van der Waals surface area contributed by atoms with Crippen LogP contribution < -0.4 is 19.8 Å². The lowest BCUT2D eigenvalue weighted by Crippen LogP contribution is -2.24. The van der Waals surface area contributed by atoms with Crippen LogP contribution in [0, 0.1) is 0 Å². The van der Waals surface area contributed by atoms with Crippen LogP contribution in [0.15, 0.2) is 63.9 Å². The Morgan fingerprint density at radius 2 is 1.74 bits per heavy atom. The lowest BCUT2D eigenvalue weighted by atomic mass is 10.1. The summed E-state index contributed by atoms with van der Waals surface area (Å²) < 4.78 is 19.5. The Kier molecular flexibility index (Phi) is 6.12. The average Bonchev–Trinajstić information content (AvgIpc) is 3.26. The van der Waals surface area contributed by atoms with Crippen LogP contribution in [0.25, 0.3) is 31.7 Å². The van der Waals surface area contributed by atoms with Gasteiger partial charge in [0.15, 0.2) is 11.5 Å². The van der Waals surface area contributed by atoms with E-state index in [2.05, 4.69) is 15.9 Å². The van der Waals surface area contributed by atoms with E-state index in [1.54, 1.807) is 22.8 Å². The van der Waals surface area contributed by atoms with Gasteiger partial charge in [-0.05, 0) is 33.6 Å². The standard InChI is InChI=1S/C26H21BrN2O5S/c1-32-18-12-16(20(27)22(34-3)21(18)33-2)24-28-25-19(15-10-7-11-17(30)23(15)35-25)26(31)29(24)13-14-8-5-4-6-9-14/h4-12,30H,13H2,1-3H3. The van der Waals surface area contributed by atoms with Crippen molar-refractivity contribution in [3.8, 4) is 34.4 Å². The zero-order chi connectivity index (χ0) is 24.7. The molecule has 0 unspecified atom stereocenters. The second-order valence-electron chi connectivity index (χ2n) is 7.76. The Morgan fingerprint density at radius 1 is 1.00 bits per heavy atom. The molecular formula is C26H21BrN2O5S. The van der Waals surface area contributed by atoms with Gasteiger partial charge in [0.05, 0.1) is 42.4 Å². The summed E-state index contributed by atoms with van der Waals surface area (Å²) in [6.07, 6.45) is 0. The Balaban J connectivity index is 1.89. The van der Waals surface area contributed by atoms with Crippen molar-refractivity contribution >= 4 is 47.6 Å². The number of halogens is 1. The molecule has 0 aliphatic heterocycles. The Hall–Kier alpha value is -3.56. The topological polar surface area (TPSA) is 82.8 Å². The number of aromatic hydroxyl groups is 1. The molecule has 2 heterocycles. The van der Waals surface area contributed by atoms with Crippen LogP contribution in [-0.4, -0.2) is 36.0 Å². The molecule has 0 spiro atoms. The van der Waals surface area contributed by atoms with Crippen molar-refractivity contribution < 1.29 is 19.3 Å². The van der Waals surface area contributed by atoms with Gasteiger partial charge in [0, 0.05) is 10.9 Å². The number of nitrogens with zero attached hydrogens (tertiary/aromatic N) is 2. The predicted octanol–water partition coefficient (Wildman–Crippen LogP) is 5.82. The van der Waals surface area contributed by atoms with Gasteiger partial charge in [0.2, 0.25) is 5.75 Å². The third kappa shape index (κ3) is 3.81. The molecule has 0 fully saturated rings. The molecule has 5 rings (SSSR count). The normalized spacial score (nSPS) is 11.2. The molecule has 0 radical (unpaired) electrons. The summed E-state index contributed by atoms with van der Waals surface area (Å²) in [6.45, 7) is 0.303. The van der Waals surface area contributed by atoms with Crippen molar-refractivity contribution in [3.63, 3.8) is 0 Å².